The second-order valence-electron chi connectivity index (χ2n) is 7.09. The Morgan fingerprint density at radius 2 is 1.30 bits per heavy atom. The van der Waals surface area contributed by atoms with Crippen LogP contribution in [0.5, 0.6) is 0 Å². The maximum absolute atomic E-state index is 13.0. The number of sulfonamides is 1. The molecule has 0 aliphatic rings. The van der Waals surface area contributed by atoms with Crippen LogP contribution in [0.2, 0.25) is 13.1 Å². The lowest BCUT2D eigenvalue weighted by Gasteiger charge is -2.25. The van der Waals surface area contributed by atoms with E-state index in [0.29, 0.717) is 5.33 Å². The van der Waals surface area contributed by atoms with Crippen molar-refractivity contribution >= 4 is 28.6 Å². The lowest BCUT2D eigenvalue weighted by molar-refractivity contribution is 0.598. The molecular weight excluding hydrogens is 370 g/mol. The molecule has 0 spiro atoms. The summed E-state index contributed by atoms with van der Waals surface area (Å²) in [6.07, 6.45) is 0. The van der Waals surface area contributed by atoms with Gasteiger partial charge in [0.05, 0.1) is 4.90 Å². The average Bonchev–Trinajstić information content (AvgIpc) is 2.68. The molecular formula is C22H23NO2SSi. The summed E-state index contributed by atoms with van der Waals surface area (Å²) >= 11 is 0. The molecule has 0 unspecified atom stereocenters. The van der Waals surface area contributed by atoms with Crippen molar-refractivity contribution in [1.82, 2.24) is 0 Å². The first-order valence-corrected chi connectivity index (χ1v) is 13.3. The number of aryl methyl sites for hydroxylation is 1. The van der Waals surface area contributed by atoms with Crippen LogP contribution in [0, 0.1) is 6.92 Å². The first-order chi connectivity index (χ1) is 12.8. The maximum Gasteiger partial charge on any atom is 0.282 e. The first kappa shape index (κ1) is 19.3. The molecule has 0 bridgehead atoms. The predicted octanol–water partition coefficient (Wildman–Crippen LogP) is 4.33. The summed E-state index contributed by atoms with van der Waals surface area (Å²) < 4.78 is 30.5. The Bertz CT molecular complexity index is 1040. The molecule has 0 aliphatic heterocycles. The van der Waals surface area contributed by atoms with E-state index in [1.807, 2.05) is 55.5 Å². The van der Waals surface area contributed by atoms with E-state index in [1.54, 1.807) is 24.3 Å². The molecule has 0 aromatic heterocycles. The zero-order valence-corrected chi connectivity index (χ0v) is 17.6. The molecule has 5 heteroatoms. The van der Waals surface area contributed by atoms with Gasteiger partial charge in [-0.3, -0.25) is 0 Å². The quantitative estimate of drug-likeness (QED) is 0.478. The molecule has 0 atom stereocenters. The van der Waals surface area contributed by atoms with Crippen molar-refractivity contribution in [2.45, 2.75) is 24.9 Å². The van der Waals surface area contributed by atoms with Crippen LogP contribution in [-0.2, 0) is 10.0 Å². The molecule has 0 saturated heterocycles. The summed E-state index contributed by atoms with van der Waals surface area (Å²) in [7, 11) is -6.13. The molecule has 0 aliphatic carbocycles. The molecule has 0 fully saturated rings. The lowest BCUT2D eigenvalue weighted by Crippen LogP contribution is -2.50. The number of rotatable bonds is 5. The summed E-state index contributed by atoms with van der Waals surface area (Å²) in [4.78, 5) is 0.222. The van der Waals surface area contributed by atoms with Crippen molar-refractivity contribution in [3.05, 3.63) is 96.1 Å². The Hall–Kier alpha value is -2.50. The van der Waals surface area contributed by atoms with Crippen LogP contribution in [-0.4, -0.2) is 21.8 Å². The minimum absolute atomic E-state index is 0.222. The molecule has 138 valence electrons. The standard InChI is InChI=1S/C22H23NO2SSi/c1-18-14-16-20(17-15-18)26(24,25)23-22(19-10-6-4-7-11-19)27(2,3)21-12-8-5-9-13-21/h4-17H,1-3H3/b23-22+. The molecule has 0 N–H and O–H groups in total. The normalized spacial score (nSPS) is 12.8. The molecule has 3 aromatic carbocycles. The summed E-state index contributed by atoms with van der Waals surface area (Å²) in [6, 6.07) is 26.5. The molecule has 0 heterocycles. The van der Waals surface area contributed by atoms with E-state index in [1.165, 1.54) is 0 Å². The Kier molecular flexibility index (Phi) is 5.44. The summed E-state index contributed by atoms with van der Waals surface area (Å²) in [6.45, 7) is 6.21. The van der Waals surface area contributed by atoms with Crippen LogP contribution in [0.15, 0.2) is 94.2 Å². The van der Waals surface area contributed by atoms with Crippen LogP contribution >= 0.6 is 0 Å². The maximum atomic E-state index is 13.0. The second kappa shape index (κ2) is 7.62. The fourth-order valence-corrected chi connectivity index (χ4v) is 7.39. The second-order valence-corrected chi connectivity index (χ2v) is 13.0. The summed E-state index contributed by atoms with van der Waals surface area (Å²) in [5.41, 5.74) is 1.87. The van der Waals surface area contributed by atoms with Gasteiger partial charge in [-0.25, -0.2) is 0 Å². The largest absolute Gasteiger partial charge is 0.282 e. The predicted molar refractivity (Wildman–Crippen MR) is 115 cm³/mol. The Morgan fingerprint density at radius 3 is 1.85 bits per heavy atom. The van der Waals surface area contributed by atoms with E-state index in [-0.39, 0.29) is 4.90 Å². The molecule has 27 heavy (non-hydrogen) atoms. The van der Waals surface area contributed by atoms with Crippen molar-refractivity contribution in [3.8, 4) is 0 Å². The van der Waals surface area contributed by atoms with E-state index in [9.17, 15) is 8.42 Å². The van der Waals surface area contributed by atoms with Gasteiger partial charge in [0.2, 0.25) is 0 Å². The van der Waals surface area contributed by atoms with Gasteiger partial charge in [0.15, 0.2) is 0 Å². The highest BCUT2D eigenvalue weighted by Gasteiger charge is 2.33. The van der Waals surface area contributed by atoms with E-state index < -0.39 is 18.1 Å². The van der Waals surface area contributed by atoms with Gasteiger partial charge in [0.25, 0.3) is 10.0 Å². The third kappa shape index (κ3) is 4.26. The summed E-state index contributed by atoms with van der Waals surface area (Å²) in [5, 5.41) is 1.81. The molecule has 3 rings (SSSR count). The Morgan fingerprint density at radius 1 is 0.778 bits per heavy atom. The average molecular weight is 394 g/mol. The van der Waals surface area contributed by atoms with E-state index in [0.717, 1.165) is 16.3 Å². The number of hydrogen-bond acceptors (Lipinski definition) is 2. The monoisotopic (exact) mass is 393 g/mol. The number of nitrogens with zero attached hydrogens (tertiary/aromatic N) is 1. The fourth-order valence-electron chi connectivity index (χ4n) is 3.00. The smallest absolute Gasteiger partial charge is 0.199 e. The van der Waals surface area contributed by atoms with Gasteiger partial charge in [-0.2, -0.15) is 12.8 Å². The van der Waals surface area contributed by atoms with Gasteiger partial charge in [0.1, 0.15) is 8.07 Å². The topological polar surface area (TPSA) is 46.5 Å². The van der Waals surface area contributed by atoms with Gasteiger partial charge in [-0.15, -0.1) is 0 Å². The Balaban J connectivity index is 2.19. The van der Waals surface area contributed by atoms with Gasteiger partial charge in [-0.05, 0) is 24.6 Å². The molecule has 0 saturated carbocycles. The highest BCUT2D eigenvalue weighted by Crippen LogP contribution is 2.20. The van der Waals surface area contributed by atoms with Crippen molar-refractivity contribution < 1.29 is 8.42 Å². The van der Waals surface area contributed by atoms with Gasteiger partial charge in [-0.1, -0.05) is 96.6 Å². The van der Waals surface area contributed by atoms with Crippen LogP contribution in [0.25, 0.3) is 0 Å². The van der Waals surface area contributed by atoms with Crippen molar-refractivity contribution in [2.24, 2.45) is 4.40 Å². The van der Waals surface area contributed by atoms with Gasteiger partial charge in [0, 0.05) is 5.33 Å². The summed E-state index contributed by atoms with van der Waals surface area (Å²) in [5.74, 6) is 0. The third-order valence-corrected chi connectivity index (χ3v) is 9.48. The third-order valence-electron chi connectivity index (χ3n) is 4.67. The van der Waals surface area contributed by atoms with Crippen LogP contribution < -0.4 is 5.19 Å². The zero-order chi connectivity index (χ0) is 19.5. The molecule has 0 amide bonds. The zero-order valence-electron chi connectivity index (χ0n) is 15.8. The van der Waals surface area contributed by atoms with Gasteiger partial charge >= 0.3 is 0 Å². The highest BCUT2D eigenvalue weighted by atomic mass is 32.2. The van der Waals surface area contributed by atoms with E-state index >= 15 is 0 Å². The first-order valence-electron chi connectivity index (χ1n) is 8.84. The molecule has 0 radical (unpaired) electrons. The molecule has 3 nitrogen and oxygen atoms in total. The van der Waals surface area contributed by atoms with E-state index in [4.69, 9.17) is 0 Å². The van der Waals surface area contributed by atoms with Crippen molar-refractivity contribution in [3.63, 3.8) is 0 Å². The minimum Gasteiger partial charge on any atom is -0.199 e. The number of hydrogen-bond donors (Lipinski definition) is 0. The van der Waals surface area contributed by atoms with Crippen LogP contribution in [0.3, 0.4) is 0 Å². The number of benzene rings is 3. The van der Waals surface area contributed by atoms with Crippen LogP contribution in [0.4, 0.5) is 0 Å². The Labute approximate surface area is 162 Å². The fraction of sp³-hybridized carbons (Fsp3) is 0.136. The lowest BCUT2D eigenvalue weighted by atomic mass is 10.2. The molecule has 3 aromatic rings. The van der Waals surface area contributed by atoms with Crippen molar-refractivity contribution in [1.29, 1.82) is 0 Å². The minimum atomic E-state index is -3.79. The van der Waals surface area contributed by atoms with Crippen molar-refractivity contribution in [2.75, 3.05) is 0 Å². The van der Waals surface area contributed by atoms with E-state index in [2.05, 4.69) is 29.6 Å². The SMILES string of the molecule is Cc1ccc(S(=O)(=O)/N=C(\c2ccccc2)[Si](C)(C)c2ccccc2)cc1. The van der Waals surface area contributed by atoms with Gasteiger partial charge < -0.3 is 0 Å². The highest BCUT2D eigenvalue weighted by molar-refractivity contribution is 7.90. The van der Waals surface area contributed by atoms with Crippen LogP contribution in [0.1, 0.15) is 11.1 Å².